The molecule has 1 heterocycles. The van der Waals surface area contributed by atoms with Gasteiger partial charge in [0.1, 0.15) is 0 Å². The summed E-state index contributed by atoms with van der Waals surface area (Å²) < 4.78 is 41.3. The Labute approximate surface area is 173 Å². The second-order valence-corrected chi connectivity index (χ2v) is 7.93. The number of ketones is 2. The van der Waals surface area contributed by atoms with Crippen LogP contribution in [-0.4, -0.2) is 24.2 Å². The number of Topliss-reactive ketones (excluding diaryl/α,β-unsaturated/α-hetero) is 2. The SMILES string of the molecule is C[C@H]1CCCN1c1ccc(CC(=O)C2=CCc3ccccc3C2=O)c(C(F)(F)F)c1. The Balaban J connectivity index is 1.62. The Morgan fingerprint density at radius 2 is 1.93 bits per heavy atom. The average molecular weight is 413 g/mol. The molecule has 1 atom stereocenters. The van der Waals surface area contributed by atoms with Gasteiger partial charge >= 0.3 is 6.18 Å². The summed E-state index contributed by atoms with van der Waals surface area (Å²) in [4.78, 5) is 27.4. The fourth-order valence-corrected chi connectivity index (χ4v) is 4.36. The van der Waals surface area contributed by atoms with Crippen LogP contribution in [-0.2, 0) is 23.8 Å². The van der Waals surface area contributed by atoms with Crippen molar-refractivity contribution in [3.63, 3.8) is 0 Å². The number of halogens is 3. The zero-order chi connectivity index (χ0) is 21.5. The first-order chi connectivity index (χ1) is 14.3. The zero-order valence-electron chi connectivity index (χ0n) is 16.6. The number of benzene rings is 2. The molecule has 1 saturated heterocycles. The Morgan fingerprint density at radius 1 is 1.17 bits per heavy atom. The molecule has 156 valence electrons. The molecule has 0 bridgehead atoms. The number of carbonyl (C=O) groups excluding carboxylic acids is 2. The lowest BCUT2D eigenvalue weighted by molar-refractivity contribution is -0.138. The topological polar surface area (TPSA) is 37.4 Å². The molecule has 2 aliphatic rings. The summed E-state index contributed by atoms with van der Waals surface area (Å²) in [6.45, 7) is 2.72. The Kier molecular flexibility index (Phi) is 5.26. The molecule has 1 fully saturated rings. The number of anilines is 1. The highest BCUT2D eigenvalue weighted by Crippen LogP contribution is 2.37. The van der Waals surface area contributed by atoms with E-state index >= 15 is 0 Å². The molecule has 1 aliphatic carbocycles. The summed E-state index contributed by atoms with van der Waals surface area (Å²) in [6, 6.07) is 11.3. The third kappa shape index (κ3) is 3.78. The lowest BCUT2D eigenvalue weighted by Crippen LogP contribution is -2.27. The number of allylic oxidation sites excluding steroid dienone is 2. The Bertz CT molecular complexity index is 1040. The minimum absolute atomic E-state index is 0.0286. The normalized spacial score (nSPS) is 18.9. The Hall–Kier alpha value is -2.89. The van der Waals surface area contributed by atoms with Gasteiger partial charge in [-0.3, -0.25) is 9.59 Å². The van der Waals surface area contributed by atoms with Crippen LogP contribution in [0, 0.1) is 0 Å². The summed E-state index contributed by atoms with van der Waals surface area (Å²) in [6.07, 6.45) is -1.20. The highest BCUT2D eigenvalue weighted by atomic mass is 19.4. The molecule has 0 unspecified atom stereocenters. The molecule has 0 spiro atoms. The summed E-state index contributed by atoms with van der Waals surface area (Å²) in [5.41, 5.74) is 0.841. The molecule has 6 heteroatoms. The van der Waals surface area contributed by atoms with Gasteiger partial charge in [-0.1, -0.05) is 36.4 Å². The van der Waals surface area contributed by atoms with Gasteiger partial charge in [-0.25, -0.2) is 0 Å². The van der Waals surface area contributed by atoms with E-state index in [1.54, 1.807) is 18.2 Å². The highest BCUT2D eigenvalue weighted by molar-refractivity contribution is 6.27. The number of carbonyl (C=O) groups is 2. The second kappa shape index (κ2) is 7.74. The molecule has 0 aromatic heterocycles. The maximum atomic E-state index is 13.8. The van der Waals surface area contributed by atoms with Crippen LogP contribution < -0.4 is 4.90 Å². The first-order valence-electron chi connectivity index (χ1n) is 10.1. The molecule has 4 rings (SSSR count). The number of hydrogen-bond acceptors (Lipinski definition) is 3. The quantitative estimate of drug-likeness (QED) is 0.649. The van der Waals surface area contributed by atoms with E-state index in [-0.39, 0.29) is 17.2 Å². The van der Waals surface area contributed by atoms with E-state index in [0.717, 1.165) is 31.0 Å². The van der Waals surface area contributed by atoms with Crippen molar-refractivity contribution in [1.82, 2.24) is 0 Å². The molecule has 0 amide bonds. The van der Waals surface area contributed by atoms with Crippen molar-refractivity contribution in [2.45, 2.75) is 44.8 Å². The molecule has 30 heavy (non-hydrogen) atoms. The van der Waals surface area contributed by atoms with Gasteiger partial charge in [-0.2, -0.15) is 13.2 Å². The van der Waals surface area contributed by atoms with Gasteiger partial charge < -0.3 is 4.90 Å². The molecule has 3 nitrogen and oxygen atoms in total. The summed E-state index contributed by atoms with van der Waals surface area (Å²) in [5, 5.41) is 0. The van der Waals surface area contributed by atoms with Crippen molar-refractivity contribution in [1.29, 1.82) is 0 Å². The van der Waals surface area contributed by atoms with Crippen molar-refractivity contribution in [2.75, 3.05) is 11.4 Å². The number of hydrogen-bond donors (Lipinski definition) is 0. The summed E-state index contributed by atoms with van der Waals surface area (Å²) in [7, 11) is 0. The van der Waals surface area contributed by atoms with Gasteiger partial charge in [0.25, 0.3) is 0 Å². The molecule has 1 aliphatic heterocycles. The molecule has 0 saturated carbocycles. The summed E-state index contributed by atoms with van der Waals surface area (Å²) in [5.74, 6) is -1.000. The predicted molar refractivity (Wildman–Crippen MR) is 109 cm³/mol. The third-order valence-electron chi connectivity index (χ3n) is 5.97. The number of alkyl halides is 3. The van der Waals surface area contributed by atoms with Crippen LogP contribution >= 0.6 is 0 Å². The van der Waals surface area contributed by atoms with Crippen LogP contribution in [0.2, 0.25) is 0 Å². The average Bonchev–Trinajstić information content (AvgIpc) is 3.14. The first kappa shape index (κ1) is 20.4. The Morgan fingerprint density at radius 3 is 2.63 bits per heavy atom. The van der Waals surface area contributed by atoms with E-state index in [1.165, 1.54) is 12.1 Å². The van der Waals surface area contributed by atoms with E-state index in [0.29, 0.717) is 17.7 Å². The largest absolute Gasteiger partial charge is 0.416 e. The van der Waals surface area contributed by atoms with Crippen LogP contribution in [0.5, 0.6) is 0 Å². The lowest BCUT2D eigenvalue weighted by atomic mass is 9.86. The van der Waals surface area contributed by atoms with Gasteiger partial charge in [0.15, 0.2) is 11.6 Å². The predicted octanol–water partition coefficient (Wildman–Crippen LogP) is 5.17. The number of fused-ring (bicyclic) bond motifs is 1. The first-order valence-corrected chi connectivity index (χ1v) is 10.1. The second-order valence-electron chi connectivity index (χ2n) is 7.93. The summed E-state index contributed by atoms with van der Waals surface area (Å²) >= 11 is 0. The fourth-order valence-electron chi connectivity index (χ4n) is 4.36. The van der Waals surface area contributed by atoms with Gasteiger partial charge in [0, 0.05) is 30.3 Å². The van der Waals surface area contributed by atoms with Crippen molar-refractivity contribution in [2.24, 2.45) is 0 Å². The number of nitrogens with zero attached hydrogens (tertiary/aromatic N) is 1. The van der Waals surface area contributed by atoms with Crippen molar-refractivity contribution < 1.29 is 22.8 Å². The molecular weight excluding hydrogens is 391 g/mol. The molecule has 0 radical (unpaired) electrons. The van der Waals surface area contributed by atoms with Crippen molar-refractivity contribution >= 4 is 17.3 Å². The zero-order valence-corrected chi connectivity index (χ0v) is 16.6. The lowest BCUT2D eigenvalue weighted by Gasteiger charge is -2.25. The van der Waals surface area contributed by atoms with Crippen LogP contribution in [0.1, 0.15) is 46.8 Å². The molecular formula is C24H22F3NO2. The number of rotatable bonds is 4. The molecule has 2 aromatic carbocycles. The van der Waals surface area contributed by atoms with E-state index in [4.69, 9.17) is 0 Å². The van der Waals surface area contributed by atoms with E-state index in [1.807, 2.05) is 24.0 Å². The van der Waals surface area contributed by atoms with Crippen LogP contribution in [0.15, 0.2) is 54.1 Å². The van der Waals surface area contributed by atoms with Crippen LogP contribution in [0.4, 0.5) is 18.9 Å². The van der Waals surface area contributed by atoms with Gasteiger partial charge in [-0.05, 0) is 49.4 Å². The smallest absolute Gasteiger partial charge is 0.369 e. The maximum Gasteiger partial charge on any atom is 0.416 e. The third-order valence-corrected chi connectivity index (χ3v) is 5.97. The molecule has 2 aromatic rings. The van der Waals surface area contributed by atoms with Crippen LogP contribution in [0.3, 0.4) is 0 Å². The monoisotopic (exact) mass is 413 g/mol. The molecule has 0 N–H and O–H groups in total. The highest BCUT2D eigenvalue weighted by Gasteiger charge is 2.36. The van der Waals surface area contributed by atoms with E-state index in [9.17, 15) is 22.8 Å². The minimum atomic E-state index is -4.58. The van der Waals surface area contributed by atoms with E-state index in [2.05, 4.69) is 0 Å². The standard InChI is InChI=1S/C24H22F3NO2/c1-15-5-4-12-28(15)18-10-8-17(21(14-18)24(25,26)27)13-22(29)20-11-9-16-6-2-3-7-19(16)23(20)30/h2-3,6-8,10-11,14-15H,4-5,9,12-13H2,1H3/t15-/m0/s1. The van der Waals surface area contributed by atoms with Gasteiger partial charge in [0.2, 0.25) is 0 Å². The van der Waals surface area contributed by atoms with Gasteiger partial charge in [-0.15, -0.1) is 0 Å². The minimum Gasteiger partial charge on any atom is -0.369 e. The van der Waals surface area contributed by atoms with Crippen molar-refractivity contribution in [3.05, 3.63) is 76.4 Å². The fraction of sp³-hybridized carbons (Fsp3) is 0.333. The van der Waals surface area contributed by atoms with Crippen molar-refractivity contribution in [3.8, 4) is 0 Å². The van der Waals surface area contributed by atoms with E-state index < -0.39 is 29.7 Å². The van der Waals surface area contributed by atoms with Crippen LogP contribution in [0.25, 0.3) is 0 Å². The maximum absolute atomic E-state index is 13.8. The van der Waals surface area contributed by atoms with Gasteiger partial charge in [0.05, 0.1) is 11.1 Å².